The Morgan fingerprint density at radius 1 is 1.03 bits per heavy atom. The van der Waals surface area contributed by atoms with Crippen molar-refractivity contribution in [2.45, 2.75) is 12.8 Å². The third-order valence-corrected chi connectivity index (χ3v) is 5.16. The van der Waals surface area contributed by atoms with Crippen LogP contribution in [0.3, 0.4) is 0 Å². The number of rotatable bonds is 7. The van der Waals surface area contributed by atoms with Gasteiger partial charge in [0.15, 0.2) is 0 Å². The van der Waals surface area contributed by atoms with E-state index in [1.807, 2.05) is 17.0 Å². The van der Waals surface area contributed by atoms with Crippen molar-refractivity contribution in [3.63, 3.8) is 0 Å². The zero-order chi connectivity index (χ0) is 20.6. The molecule has 1 fully saturated rings. The molecule has 1 N–H and O–H groups in total. The van der Waals surface area contributed by atoms with Gasteiger partial charge >= 0.3 is 0 Å². The lowest BCUT2D eigenvalue weighted by molar-refractivity contribution is -0.116. The minimum atomic E-state index is -0.0918. The van der Waals surface area contributed by atoms with E-state index in [9.17, 15) is 9.59 Å². The van der Waals surface area contributed by atoms with E-state index in [0.717, 1.165) is 26.2 Å². The number of carbonyl (C=O) groups is 2. The van der Waals surface area contributed by atoms with E-state index < -0.39 is 0 Å². The van der Waals surface area contributed by atoms with Gasteiger partial charge in [-0.2, -0.15) is 0 Å². The van der Waals surface area contributed by atoms with Gasteiger partial charge in [0.2, 0.25) is 5.91 Å². The molecule has 6 nitrogen and oxygen atoms in total. The Kier molecular flexibility index (Phi) is 7.49. The first kappa shape index (κ1) is 21.1. The van der Waals surface area contributed by atoms with Gasteiger partial charge in [0.25, 0.3) is 5.91 Å². The van der Waals surface area contributed by atoms with Crippen LogP contribution in [-0.2, 0) is 4.79 Å². The highest BCUT2D eigenvalue weighted by Crippen LogP contribution is 2.23. The number of hydrogen-bond acceptors (Lipinski definition) is 4. The summed E-state index contributed by atoms with van der Waals surface area (Å²) in [7, 11) is 2.06. The molecule has 0 unspecified atom stereocenters. The zero-order valence-electron chi connectivity index (χ0n) is 16.6. The Morgan fingerprint density at radius 2 is 1.72 bits per heavy atom. The van der Waals surface area contributed by atoms with Crippen molar-refractivity contribution < 1.29 is 14.3 Å². The summed E-state index contributed by atoms with van der Waals surface area (Å²) < 4.78 is 5.59. The number of piperazine rings is 1. The molecule has 29 heavy (non-hydrogen) atoms. The molecule has 0 atom stereocenters. The largest absolute Gasteiger partial charge is 0.492 e. The van der Waals surface area contributed by atoms with E-state index in [4.69, 9.17) is 16.3 Å². The summed E-state index contributed by atoms with van der Waals surface area (Å²) >= 11 is 6.03. The highest BCUT2D eigenvalue weighted by molar-refractivity contribution is 6.32. The maximum absolute atomic E-state index is 12.6. The van der Waals surface area contributed by atoms with Crippen LogP contribution in [0.15, 0.2) is 48.5 Å². The number of benzene rings is 2. The minimum absolute atomic E-state index is 0.0349. The summed E-state index contributed by atoms with van der Waals surface area (Å²) in [4.78, 5) is 28.7. The molecule has 2 amide bonds. The first-order valence-corrected chi connectivity index (χ1v) is 10.2. The molecule has 2 aromatic rings. The van der Waals surface area contributed by atoms with E-state index >= 15 is 0 Å². The first-order chi connectivity index (χ1) is 14.0. The molecule has 0 radical (unpaired) electrons. The van der Waals surface area contributed by atoms with E-state index in [-0.39, 0.29) is 11.8 Å². The lowest BCUT2D eigenvalue weighted by Crippen LogP contribution is -2.47. The van der Waals surface area contributed by atoms with Crippen LogP contribution in [0.5, 0.6) is 5.75 Å². The number of halogens is 1. The molecule has 1 saturated heterocycles. The molecule has 0 aromatic heterocycles. The molecular formula is C22H26ClN3O3. The summed E-state index contributed by atoms with van der Waals surface area (Å²) in [5.41, 5.74) is 1.32. The number of nitrogens with one attached hydrogen (secondary N) is 1. The molecule has 1 aliphatic heterocycles. The number of carbonyl (C=O) groups excluding carboxylic acids is 2. The number of ether oxygens (including phenoxy) is 1. The monoisotopic (exact) mass is 415 g/mol. The average molecular weight is 416 g/mol. The fourth-order valence-corrected chi connectivity index (χ4v) is 3.28. The van der Waals surface area contributed by atoms with Crippen molar-refractivity contribution >= 4 is 29.1 Å². The second-order valence-electron chi connectivity index (χ2n) is 7.10. The Bertz CT molecular complexity index is 833. The number of amides is 2. The quantitative estimate of drug-likeness (QED) is 0.703. The molecular weight excluding hydrogens is 390 g/mol. The molecule has 0 spiro atoms. The van der Waals surface area contributed by atoms with Gasteiger partial charge in [0.1, 0.15) is 5.75 Å². The van der Waals surface area contributed by atoms with Gasteiger partial charge in [0.05, 0.1) is 11.6 Å². The van der Waals surface area contributed by atoms with Crippen LogP contribution in [-0.4, -0.2) is 61.4 Å². The van der Waals surface area contributed by atoms with E-state index in [1.165, 1.54) is 0 Å². The van der Waals surface area contributed by atoms with Crippen molar-refractivity contribution in [1.29, 1.82) is 0 Å². The Labute approximate surface area is 176 Å². The third-order valence-electron chi connectivity index (χ3n) is 4.85. The van der Waals surface area contributed by atoms with Crippen LogP contribution in [0, 0.1) is 0 Å². The highest BCUT2D eigenvalue weighted by atomic mass is 35.5. The van der Waals surface area contributed by atoms with E-state index in [0.29, 0.717) is 41.5 Å². The Morgan fingerprint density at radius 3 is 2.41 bits per heavy atom. The summed E-state index contributed by atoms with van der Waals surface area (Å²) in [5, 5.41) is 3.41. The topological polar surface area (TPSA) is 61.9 Å². The number of likely N-dealkylation sites (N-methyl/N-ethyl adjacent to an activating group) is 1. The molecule has 2 aromatic carbocycles. The van der Waals surface area contributed by atoms with Gasteiger partial charge < -0.3 is 19.9 Å². The van der Waals surface area contributed by atoms with Crippen LogP contribution in [0.25, 0.3) is 0 Å². The lowest BCUT2D eigenvalue weighted by atomic mass is 10.1. The van der Waals surface area contributed by atoms with Crippen LogP contribution in [0.2, 0.25) is 5.02 Å². The fourth-order valence-electron chi connectivity index (χ4n) is 3.09. The third kappa shape index (κ3) is 6.21. The SMILES string of the molecule is CN1CCN(C(=O)c2ccc(NC(=O)CCCOc3ccccc3Cl)cc2)CC1. The zero-order valence-corrected chi connectivity index (χ0v) is 17.3. The highest BCUT2D eigenvalue weighted by Gasteiger charge is 2.20. The normalized spacial score (nSPS) is 14.5. The van der Waals surface area contributed by atoms with Gasteiger partial charge in [-0.1, -0.05) is 23.7 Å². The molecule has 0 bridgehead atoms. The van der Waals surface area contributed by atoms with Gasteiger partial charge in [-0.05, 0) is 49.9 Å². The predicted molar refractivity (Wildman–Crippen MR) is 115 cm³/mol. The lowest BCUT2D eigenvalue weighted by Gasteiger charge is -2.32. The molecule has 1 aliphatic rings. The standard InChI is InChI=1S/C22H26ClN3O3/c1-25-12-14-26(15-13-25)22(28)17-8-10-18(11-9-17)24-21(27)7-4-16-29-20-6-3-2-5-19(20)23/h2-3,5-6,8-11H,4,7,12-16H2,1H3,(H,24,27). The second kappa shape index (κ2) is 10.3. The number of hydrogen-bond donors (Lipinski definition) is 1. The smallest absolute Gasteiger partial charge is 0.253 e. The van der Waals surface area contributed by atoms with Crippen molar-refractivity contribution in [2.24, 2.45) is 0 Å². The summed E-state index contributed by atoms with van der Waals surface area (Å²) in [6, 6.07) is 14.3. The van der Waals surface area contributed by atoms with Gasteiger partial charge in [0, 0.05) is 43.9 Å². The summed E-state index contributed by atoms with van der Waals surface area (Å²) in [5.74, 6) is 0.564. The molecule has 154 valence electrons. The molecule has 0 saturated carbocycles. The van der Waals surface area contributed by atoms with Gasteiger partial charge in [-0.15, -0.1) is 0 Å². The minimum Gasteiger partial charge on any atom is -0.492 e. The van der Waals surface area contributed by atoms with Gasteiger partial charge in [-0.25, -0.2) is 0 Å². The molecule has 7 heteroatoms. The Balaban J connectivity index is 1.41. The summed E-state index contributed by atoms with van der Waals surface area (Å²) in [6.45, 7) is 3.67. The van der Waals surface area contributed by atoms with Gasteiger partial charge in [-0.3, -0.25) is 9.59 Å². The molecule has 1 heterocycles. The summed E-state index contributed by atoms with van der Waals surface area (Å²) in [6.07, 6.45) is 0.920. The van der Waals surface area contributed by atoms with E-state index in [1.54, 1.807) is 36.4 Å². The average Bonchev–Trinajstić information content (AvgIpc) is 2.73. The van der Waals surface area contributed by atoms with Crippen LogP contribution >= 0.6 is 11.6 Å². The first-order valence-electron chi connectivity index (χ1n) is 9.78. The maximum Gasteiger partial charge on any atom is 0.253 e. The Hall–Kier alpha value is -2.57. The predicted octanol–water partition coefficient (Wildman–Crippen LogP) is 3.53. The van der Waals surface area contributed by atoms with Crippen LogP contribution in [0.1, 0.15) is 23.2 Å². The fraction of sp³-hybridized carbons (Fsp3) is 0.364. The van der Waals surface area contributed by atoms with E-state index in [2.05, 4.69) is 17.3 Å². The van der Waals surface area contributed by atoms with Crippen LogP contribution < -0.4 is 10.1 Å². The number of nitrogens with zero attached hydrogens (tertiary/aromatic N) is 2. The number of para-hydroxylation sites is 1. The van der Waals surface area contributed by atoms with Crippen molar-refractivity contribution in [3.05, 3.63) is 59.1 Å². The van der Waals surface area contributed by atoms with Crippen LogP contribution in [0.4, 0.5) is 5.69 Å². The number of anilines is 1. The molecule has 0 aliphatic carbocycles. The maximum atomic E-state index is 12.6. The van der Waals surface area contributed by atoms with Crippen molar-refractivity contribution in [3.8, 4) is 5.75 Å². The van der Waals surface area contributed by atoms with Crippen molar-refractivity contribution in [1.82, 2.24) is 9.80 Å². The second-order valence-corrected chi connectivity index (χ2v) is 7.51. The van der Waals surface area contributed by atoms with Crippen molar-refractivity contribution in [2.75, 3.05) is 45.2 Å². The molecule has 3 rings (SSSR count).